The molecule has 3 unspecified atom stereocenters. The lowest BCUT2D eigenvalue weighted by Gasteiger charge is -2.20. The molecule has 0 radical (unpaired) electrons. The predicted octanol–water partition coefficient (Wildman–Crippen LogP) is 4.97. The van der Waals surface area contributed by atoms with Crippen LogP contribution in [-0.4, -0.2) is 5.11 Å². The van der Waals surface area contributed by atoms with Gasteiger partial charge in [0.1, 0.15) is 5.75 Å². The average molecular weight is 301 g/mol. The minimum Gasteiger partial charge on any atom is -0.508 e. The topological polar surface area (TPSA) is 32.3 Å². The Hall–Kier alpha value is -1.32. The number of benzene rings is 1. The van der Waals surface area contributed by atoms with E-state index < -0.39 is 0 Å². The molecule has 1 aliphatic carbocycles. The SMILES string of the molecule is Cc1ccc(C(C)NC2CC(C)c3c(C)ccc(O)c32)s1. The standard InChI is InChI=1S/C18H23NOS/c1-10-5-7-15(20)18-14(9-11(2)17(10)18)19-13(4)16-8-6-12(3)21-16/h5-8,11,13-14,19-20H,9H2,1-4H3. The van der Waals surface area contributed by atoms with Crippen LogP contribution in [0.15, 0.2) is 24.3 Å². The van der Waals surface area contributed by atoms with Gasteiger partial charge in [-0.3, -0.25) is 0 Å². The summed E-state index contributed by atoms with van der Waals surface area (Å²) in [5.41, 5.74) is 3.74. The first kappa shape index (κ1) is 14.6. The van der Waals surface area contributed by atoms with E-state index >= 15 is 0 Å². The van der Waals surface area contributed by atoms with Crippen LogP contribution in [0.25, 0.3) is 0 Å². The first-order chi connectivity index (χ1) is 9.97. The van der Waals surface area contributed by atoms with Crippen molar-refractivity contribution in [1.29, 1.82) is 0 Å². The van der Waals surface area contributed by atoms with E-state index in [2.05, 4.69) is 45.1 Å². The monoisotopic (exact) mass is 301 g/mol. The lowest BCUT2D eigenvalue weighted by molar-refractivity contribution is 0.424. The number of phenolic OH excluding ortho intramolecular Hbond substituents is 1. The highest BCUT2D eigenvalue weighted by Crippen LogP contribution is 2.46. The molecular formula is C18H23NOS. The molecule has 0 saturated carbocycles. The molecule has 0 spiro atoms. The molecule has 3 rings (SSSR count). The lowest BCUT2D eigenvalue weighted by atomic mass is 9.97. The Balaban J connectivity index is 1.88. The number of thiophene rings is 1. The molecule has 0 bridgehead atoms. The fourth-order valence-electron chi connectivity index (χ4n) is 3.56. The molecule has 0 aliphatic heterocycles. The average Bonchev–Trinajstić information content (AvgIpc) is 2.99. The summed E-state index contributed by atoms with van der Waals surface area (Å²) in [6.07, 6.45) is 1.06. The molecule has 2 nitrogen and oxygen atoms in total. The molecule has 1 aromatic heterocycles. The van der Waals surface area contributed by atoms with Gasteiger partial charge in [0.25, 0.3) is 0 Å². The van der Waals surface area contributed by atoms with Crippen molar-refractivity contribution in [2.75, 3.05) is 0 Å². The Morgan fingerprint density at radius 3 is 2.62 bits per heavy atom. The van der Waals surface area contributed by atoms with Crippen LogP contribution in [0.3, 0.4) is 0 Å². The van der Waals surface area contributed by atoms with E-state index in [-0.39, 0.29) is 6.04 Å². The van der Waals surface area contributed by atoms with E-state index in [1.54, 1.807) is 0 Å². The van der Waals surface area contributed by atoms with Crippen LogP contribution in [-0.2, 0) is 0 Å². The van der Waals surface area contributed by atoms with Crippen molar-refractivity contribution in [2.45, 2.75) is 52.1 Å². The van der Waals surface area contributed by atoms with Gasteiger partial charge in [0.15, 0.2) is 0 Å². The number of aryl methyl sites for hydroxylation is 2. The zero-order valence-corrected chi connectivity index (χ0v) is 13.9. The third-order valence-electron chi connectivity index (χ3n) is 4.55. The van der Waals surface area contributed by atoms with Gasteiger partial charge in [-0.15, -0.1) is 11.3 Å². The van der Waals surface area contributed by atoms with E-state index in [1.165, 1.54) is 20.9 Å². The van der Waals surface area contributed by atoms with Gasteiger partial charge in [-0.25, -0.2) is 0 Å². The van der Waals surface area contributed by atoms with E-state index in [0.29, 0.717) is 17.7 Å². The Bertz CT molecular complexity index is 661. The van der Waals surface area contributed by atoms with E-state index in [9.17, 15) is 5.11 Å². The number of nitrogens with one attached hydrogen (secondary N) is 1. The molecule has 1 heterocycles. The van der Waals surface area contributed by atoms with Gasteiger partial charge in [0.05, 0.1) is 0 Å². The summed E-state index contributed by atoms with van der Waals surface area (Å²) in [5, 5.41) is 14.0. The van der Waals surface area contributed by atoms with Crippen molar-refractivity contribution in [1.82, 2.24) is 5.32 Å². The van der Waals surface area contributed by atoms with Crippen molar-refractivity contribution in [3.05, 3.63) is 50.7 Å². The third kappa shape index (κ3) is 2.60. The van der Waals surface area contributed by atoms with Gasteiger partial charge in [-0.1, -0.05) is 13.0 Å². The number of aromatic hydroxyl groups is 1. The molecule has 1 aromatic carbocycles. The summed E-state index contributed by atoms with van der Waals surface area (Å²) < 4.78 is 0. The molecule has 2 N–H and O–H groups in total. The van der Waals surface area contributed by atoms with Crippen molar-refractivity contribution in [2.24, 2.45) is 0 Å². The fraction of sp³-hybridized carbons (Fsp3) is 0.444. The van der Waals surface area contributed by atoms with Crippen molar-refractivity contribution < 1.29 is 5.11 Å². The molecule has 0 saturated heterocycles. The van der Waals surface area contributed by atoms with Gasteiger partial charge < -0.3 is 10.4 Å². The number of hydrogen-bond donors (Lipinski definition) is 2. The molecule has 1 aliphatic rings. The second-order valence-electron chi connectivity index (χ2n) is 6.26. The van der Waals surface area contributed by atoms with Gasteiger partial charge in [-0.05, 0) is 62.4 Å². The molecule has 3 atom stereocenters. The van der Waals surface area contributed by atoms with Gasteiger partial charge >= 0.3 is 0 Å². The third-order valence-corrected chi connectivity index (χ3v) is 5.74. The summed E-state index contributed by atoms with van der Waals surface area (Å²) in [4.78, 5) is 2.71. The highest BCUT2D eigenvalue weighted by molar-refractivity contribution is 7.12. The first-order valence-corrected chi connectivity index (χ1v) is 8.43. The van der Waals surface area contributed by atoms with Crippen LogP contribution in [0.1, 0.15) is 64.7 Å². The molecule has 0 fully saturated rings. The summed E-state index contributed by atoms with van der Waals surface area (Å²) >= 11 is 1.84. The minimum absolute atomic E-state index is 0.243. The van der Waals surface area contributed by atoms with Crippen LogP contribution in [0.4, 0.5) is 0 Å². The zero-order chi connectivity index (χ0) is 15.1. The maximum absolute atomic E-state index is 10.3. The number of rotatable bonds is 3. The van der Waals surface area contributed by atoms with Crippen LogP contribution in [0.5, 0.6) is 5.75 Å². The van der Waals surface area contributed by atoms with Crippen molar-refractivity contribution >= 4 is 11.3 Å². The first-order valence-electron chi connectivity index (χ1n) is 7.62. The highest BCUT2D eigenvalue weighted by atomic mass is 32.1. The highest BCUT2D eigenvalue weighted by Gasteiger charge is 2.33. The van der Waals surface area contributed by atoms with Crippen LogP contribution in [0.2, 0.25) is 0 Å². The normalized spacial score (nSPS) is 22.3. The molecule has 3 heteroatoms. The van der Waals surface area contributed by atoms with Crippen LogP contribution < -0.4 is 5.32 Å². The second kappa shape index (κ2) is 5.47. The summed E-state index contributed by atoms with van der Waals surface area (Å²) in [6, 6.07) is 8.79. The Kier molecular flexibility index (Phi) is 3.80. The van der Waals surface area contributed by atoms with Crippen LogP contribution in [0, 0.1) is 13.8 Å². The largest absolute Gasteiger partial charge is 0.508 e. The van der Waals surface area contributed by atoms with Crippen LogP contribution >= 0.6 is 11.3 Å². The second-order valence-corrected chi connectivity index (χ2v) is 7.57. The van der Waals surface area contributed by atoms with E-state index in [0.717, 1.165) is 12.0 Å². The van der Waals surface area contributed by atoms with E-state index in [1.807, 2.05) is 23.5 Å². The van der Waals surface area contributed by atoms with Crippen molar-refractivity contribution in [3.63, 3.8) is 0 Å². The molecule has 112 valence electrons. The van der Waals surface area contributed by atoms with Gasteiger partial charge in [0, 0.05) is 27.4 Å². The van der Waals surface area contributed by atoms with Crippen molar-refractivity contribution in [3.8, 4) is 5.75 Å². The Labute approximate surface area is 130 Å². The summed E-state index contributed by atoms with van der Waals surface area (Å²) in [5.74, 6) is 0.939. The van der Waals surface area contributed by atoms with E-state index in [4.69, 9.17) is 0 Å². The minimum atomic E-state index is 0.243. The van der Waals surface area contributed by atoms with Gasteiger partial charge in [0.2, 0.25) is 0 Å². The maximum atomic E-state index is 10.3. The molecular weight excluding hydrogens is 278 g/mol. The number of hydrogen-bond acceptors (Lipinski definition) is 3. The number of phenols is 1. The molecule has 0 amide bonds. The Morgan fingerprint density at radius 2 is 1.95 bits per heavy atom. The maximum Gasteiger partial charge on any atom is 0.120 e. The van der Waals surface area contributed by atoms with Gasteiger partial charge in [-0.2, -0.15) is 0 Å². The lowest BCUT2D eigenvalue weighted by Crippen LogP contribution is -2.22. The Morgan fingerprint density at radius 1 is 1.19 bits per heavy atom. The zero-order valence-electron chi connectivity index (χ0n) is 13.1. The summed E-state index contributed by atoms with van der Waals surface area (Å²) in [6.45, 7) is 8.75. The molecule has 21 heavy (non-hydrogen) atoms. The predicted molar refractivity (Wildman–Crippen MR) is 89.2 cm³/mol. The smallest absolute Gasteiger partial charge is 0.120 e. The molecule has 2 aromatic rings. The fourth-order valence-corrected chi connectivity index (χ4v) is 4.45. The quantitative estimate of drug-likeness (QED) is 0.839. The summed E-state index contributed by atoms with van der Waals surface area (Å²) in [7, 11) is 0. The number of fused-ring (bicyclic) bond motifs is 1.